The van der Waals surface area contributed by atoms with Crippen molar-refractivity contribution >= 4 is 5.91 Å². The Bertz CT molecular complexity index is 826. The minimum absolute atomic E-state index is 0.0744. The number of benzene rings is 2. The van der Waals surface area contributed by atoms with Gasteiger partial charge in [0.25, 0.3) is 0 Å². The first-order valence-corrected chi connectivity index (χ1v) is 10.6. The van der Waals surface area contributed by atoms with Gasteiger partial charge in [-0.3, -0.25) is 4.79 Å². The SMILES string of the molecule is COc1ccc(C2CC=CCN([C@H](CN3CCCC3)c3ccccc3)C2=O)cc1. The third-order valence-electron chi connectivity index (χ3n) is 6.13. The van der Waals surface area contributed by atoms with Crippen molar-refractivity contribution in [1.29, 1.82) is 0 Å². The van der Waals surface area contributed by atoms with Crippen molar-refractivity contribution in [2.75, 3.05) is 33.3 Å². The molecule has 2 heterocycles. The molecule has 2 aliphatic rings. The van der Waals surface area contributed by atoms with Gasteiger partial charge in [-0.25, -0.2) is 0 Å². The van der Waals surface area contributed by atoms with Gasteiger partial charge in [-0.2, -0.15) is 0 Å². The quantitative estimate of drug-likeness (QED) is 0.685. The van der Waals surface area contributed by atoms with E-state index in [1.54, 1.807) is 7.11 Å². The topological polar surface area (TPSA) is 32.8 Å². The summed E-state index contributed by atoms with van der Waals surface area (Å²) in [5, 5.41) is 0. The molecule has 0 aliphatic carbocycles. The minimum Gasteiger partial charge on any atom is -0.497 e. The molecule has 4 rings (SSSR count). The normalized spacial score (nSPS) is 21.2. The Morgan fingerprint density at radius 2 is 1.72 bits per heavy atom. The first kappa shape index (κ1) is 19.7. The summed E-state index contributed by atoms with van der Waals surface area (Å²) in [5.74, 6) is 0.885. The van der Waals surface area contributed by atoms with Crippen molar-refractivity contribution < 1.29 is 9.53 Å². The molecule has 2 aromatic carbocycles. The van der Waals surface area contributed by atoms with Gasteiger partial charge in [0.1, 0.15) is 5.75 Å². The molecule has 0 bridgehead atoms. The van der Waals surface area contributed by atoms with Crippen molar-refractivity contribution in [2.24, 2.45) is 0 Å². The van der Waals surface area contributed by atoms with Crippen LogP contribution in [0, 0.1) is 0 Å². The van der Waals surface area contributed by atoms with Crippen LogP contribution in [0.2, 0.25) is 0 Å². The third-order valence-corrected chi connectivity index (χ3v) is 6.13. The number of likely N-dealkylation sites (tertiary alicyclic amines) is 1. The summed E-state index contributed by atoms with van der Waals surface area (Å²) in [7, 11) is 1.67. The van der Waals surface area contributed by atoms with Gasteiger partial charge in [-0.15, -0.1) is 0 Å². The van der Waals surface area contributed by atoms with E-state index in [1.807, 2.05) is 30.3 Å². The van der Waals surface area contributed by atoms with Crippen LogP contribution in [-0.2, 0) is 4.79 Å². The molecule has 4 heteroatoms. The summed E-state index contributed by atoms with van der Waals surface area (Å²) >= 11 is 0. The number of rotatable bonds is 6. The standard InChI is InChI=1S/C25H30N2O2/c1-29-22-14-12-20(13-15-22)23-11-5-6-18-27(25(23)28)24(19-26-16-7-8-17-26)21-9-3-2-4-10-21/h2-6,9-10,12-15,23-24H,7-8,11,16-19H2,1H3/t23?,24-/m1/s1. The largest absolute Gasteiger partial charge is 0.497 e. The highest BCUT2D eigenvalue weighted by molar-refractivity contribution is 5.85. The van der Waals surface area contributed by atoms with Crippen LogP contribution in [0.15, 0.2) is 66.7 Å². The van der Waals surface area contributed by atoms with Crippen LogP contribution < -0.4 is 4.74 Å². The van der Waals surface area contributed by atoms with Crippen LogP contribution in [-0.4, -0.2) is 49.0 Å². The van der Waals surface area contributed by atoms with Crippen molar-refractivity contribution in [3.05, 3.63) is 77.9 Å². The molecule has 2 atom stereocenters. The van der Waals surface area contributed by atoms with Gasteiger partial charge >= 0.3 is 0 Å². The van der Waals surface area contributed by atoms with Gasteiger partial charge in [-0.1, -0.05) is 54.6 Å². The van der Waals surface area contributed by atoms with Gasteiger partial charge in [0, 0.05) is 13.1 Å². The zero-order valence-electron chi connectivity index (χ0n) is 17.2. The molecule has 2 aromatic rings. The molecule has 1 amide bonds. The van der Waals surface area contributed by atoms with Crippen molar-refractivity contribution in [3.8, 4) is 5.75 Å². The lowest BCUT2D eigenvalue weighted by Gasteiger charge is -2.35. The molecule has 1 unspecified atom stereocenters. The van der Waals surface area contributed by atoms with E-state index in [4.69, 9.17) is 4.74 Å². The number of amides is 1. The Hall–Kier alpha value is -2.59. The van der Waals surface area contributed by atoms with E-state index in [1.165, 1.54) is 18.4 Å². The predicted octanol–water partition coefficient (Wildman–Crippen LogP) is 4.40. The second-order valence-corrected chi connectivity index (χ2v) is 7.96. The van der Waals surface area contributed by atoms with Crippen molar-refractivity contribution in [1.82, 2.24) is 9.80 Å². The average Bonchev–Trinajstić information content (AvgIpc) is 3.21. The van der Waals surface area contributed by atoms with E-state index >= 15 is 0 Å². The highest BCUT2D eigenvalue weighted by Crippen LogP contribution is 2.32. The lowest BCUT2D eigenvalue weighted by atomic mass is 9.93. The maximum absolute atomic E-state index is 13.7. The number of ether oxygens (including phenoxy) is 1. The van der Waals surface area contributed by atoms with Gasteiger partial charge in [0.2, 0.25) is 5.91 Å². The first-order chi connectivity index (χ1) is 14.3. The van der Waals surface area contributed by atoms with E-state index in [2.05, 4.69) is 46.2 Å². The third kappa shape index (κ3) is 4.54. The van der Waals surface area contributed by atoms with E-state index in [0.29, 0.717) is 6.54 Å². The molecular weight excluding hydrogens is 360 g/mol. The summed E-state index contributed by atoms with van der Waals surface area (Å²) < 4.78 is 5.28. The number of hydrogen-bond acceptors (Lipinski definition) is 3. The Morgan fingerprint density at radius 1 is 1.00 bits per heavy atom. The lowest BCUT2D eigenvalue weighted by Crippen LogP contribution is -2.42. The van der Waals surface area contributed by atoms with Crippen LogP contribution in [0.3, 0.4) is 0 Å². The summed E-state index contributed by atoms with van der Waals surface area (Å²) in [6, 6.07) is 18.5. The second-order valence-electron chi connectivity index (χ2n) is 7.96. The number of allylic oxidation sites excluding steroid dienone is 1. The minimum atomic E-state index is -0.149. The monoisotopic (exact) mass is 390 g/mol. The molecule has 29 heavy (non-hydrogen) atoms. The summed E-state index contributed by atoms with van der Waals surface area (Å²) in [6.07, 6.45) is 7.56. The van der Waals surface area contributed by atoms with Crippen molar-refractivity contribution in [3.63, 3.8) is 0 Å². The summed E-state index contributed by atoms with van der Waals surface area (Å²) in [4.78, 5) is 18.3. The van der Waals surface area contributed by atoms with E-state index in [-0.39, 0.29) is 17.9 Å². The van der Waals surface area contributed by atoms with Gasteiger partial charge in [-0.05, 0) is 55.6 Å². The summed E-state index contributed by atoms with van der Waals surface area (Å²) in [5.41, 5.74) is 2.27. The molecule has 1 saturated heterocycles. The molecule has 4 nitrogen and oxygen atoms in total. The Kier molecular flexibility index (Phi) is 6.30. The molecule has 0 saturated carbocycles. The Morgan fingerprint density at radius 3 is 2.41 bits per heavy atom. The van der Waals surface area contributed by atoms with Crippen LogP contribution in [0.5, 0.6) is 5.75 Å². The second kappa shape index (κ2) is 9.27. The van der Waals surface area contributed by atoms with Crippen LogP contribution in [0.25, 0.3) is 0 Å². The highest BCUT2D eigenvalue weighted by Gasteiger charge is 2.33. The van der Waals surface area contributed by atoms with Gasteiger partial charge < -0.3 is 14.5 Å². The molecule has 0 aromatic heterocycles. The fourth-order valence-corrected chi connectivity index (χ4v) is 4.48. The zero-order chi connectivity index (χ0) is 20.1. The highest BCUT2D eigenvalue weighted by atomic mass is 16.5. The molecule has 2 aliphatic heterocycles. The first-order valence-electron chi connectivity index (χ1n) is 10.6. The zero-order valence-corrected chi connectivity index (χ0v) is 17.2. The molecular formula is C25H30N2O2. The fourth-order valence-electron chi connectivity index (χ4n) is 4.48. The van der Waals surface area contributed by atoms with Crippen LogP contribution in [0.4, 0.5) is 0 Å². The molecule has 152 valence electrons. The smallest absolute Gasteiger partial charge is 0.231 e. The van der Waals surface area contributed by atoms with Gasteiger partial charge in [0.05, 0.1) is 19.1 Å². The Balaban J connectivity index is 1.63. The number of carbonyl (C=O) groups is 1. The lowest BCUT2D eigenvalue weighted by molar-refractivity contribution is -0.134. The Labute approximate surface area is 173 Å². The number of carbonyl (C=O) groups excluding carboxylic acids is 1. The maximum Gasteiger partial charge on any atom is 0.231 e. The number of nitrogens with zero attached hydrogens (tertiary/aromatic N) is 2. The van der Waals surface area contributed by atoms with Crippen molar-refractivity contribution in [2.45, 2.75) is 31.2 Å². The van der Waals surface area contributed by atoms with E-state index < -0.39 is 0 Å². The fraction of sp³-hybridized carbons (Fsp3) is 0.400. The average molecular weight is 391 g/mol. The predicted molar refractivity (Wildman–Crippen MR) is 116 cm³/mol. The molecule has 1 fully saturated rings. The number of methoxy groups -OCH3 is 1. The number of hydrogen-bond donors (Lipinski definition) is 0. The maximum atomic E-state index is 13.7. The van der Waals surface area contributed by atoms with Crippen LogP contribution in [0.1, 0.15) is 42.3 Å². The molecule has 0 N–H and O–H groups in total. The summed E-state index contributed by atoms with van der Waals surface area (Å²) in [6.45, 7) is 3.82. The molecule has 0 radical (unpaired) electrons. The molecule has 0 spiro atoms. The van der Waals surface area contributed by atoms with E-state index in [0.717, 1.165) is 37.4 Å². The van der Waals surface area contributed by atoms with Gasteiger partial charge in [0.15, 0.2) is 0 Å². The van der Waals surface area contributed by atoms with Crippen LogP contribution >= 0.6 is 0 Å². The van der Waals surface area contributed by atoms with E-state index in [9.17, 15) is 4.79 Å².